The molecule has 0 bridgehead atoms. The Hall–Kier alpha value is -2.38. The van der Waals surface area contributed by atoms with Gasteiger partial charge >= 0.3 is 0 Å². The molecule has 2 fully saturated rings. The highest BCUT2D eigenvalue weighted by atomic mass is 16.5. The normalized spacial score (nSPS) is 19.5. The highest BCUT2D eigenvalue weighted by Crippen LogP contribution is 2.31. The molecule has 7 heteroatoms. The zero-order valence-corrected chi connectivity index (χ0v) is 16.3. The van der Waals surface area contributed by atoms with Gasteiger partial charge in [-0.15, -0.1) is 0 Å². The van der Waals surface area contributed by atoms with E-state index in [9.17, 15) is 4.79 Å². The lowest BCUT2D eigenvalue weighted by atomic mass is 9.96. The third kappa shape index (κ3) is 4.20. The molecule has 150 valence electrons. The van der Waals surface area contributed by atoms with Gasteiger partial charge < -0.3 is 19.3 Å². The summed E-state index contributed by atoms with van der Waals surface area (Å²) in [5, 5.41) is 7.34. The van der Waals surface area contributed by atoms with Crippen LogP contribution in [0.3, 0.4) is 0 Å². The second kappa shape index (κ2) is 8.32. The van der Waals surface area contributed by atoms with Gasteiger partial charge in [0.15, 0.2) is 0 Å². The predicted molar refractivity (Wildman–Crippen MR) is 104 cm³/mol. The molecule has 1 aromatic carbocycles. The molecule has 1 saturated heterocycles. The van der Waals surface area contributed by atoms with Gasteiger partial charge in [-0.25, -0.2) is 0 Å². The van der Waals surface area contributed by atoms with Gasteiger partial charge in [-0.1, -0.05) is 18.0 Å². The van der Waals surface area contributed by atoms with Gasteiger partial charge in [-0.05, 0) is 37.1 Å². The van der Waals surface area contributed by atoms with Crippen LogP contribution in [0.15, 0.2) is 34.9 Å². The largest absolute Gasteiger partial charge is 0.497 e. The van der Waals surface area contributed by atoms with Crippen molar-refractivity contribution in [1.29, 1.82) is 0 Å². The number of carbonyl (C=O) groups is 1. The number of morpholine rings is 1. The summed E-state index contributed by atoms with van der Waals surface area (Å²) in [5.41, 5.74) is 1.33. The summed E-state index contributed by atoms with van der Waals surface area (Å²) in [5.74, 6) is 0.831. The summed E-state index contributed by atoms with van der Waals surface area (Å²) in [6.07, 6.45) is 4.27. The van der Waals surface area contributed by atoms with Crippen LogP contribution in [0.25, 0.3) is 11.3 Å². The fraction of sp³-hybridized carbons (Fsp3) is 0.524. The Labute approximate surface area is 165 Å². The average molecular weight is 385 g/mol. The van der Waals surface area contributed by atoms with Crippen LogP contribution in [0, 0.1) is 0 Å². The predicted octanol–water partition coefficient (Wildman–Crippen LogP) is 2.73. The van der Waals surface area contributed by atoms with Crippen LogP contribution < -0.4 is 10.1 Å². The number of ether oxygens (including phenoxy) is 2. The minimum atomic E-state index is -0.193. The first-order chi connectivity index (χ1) is 13.7. The van der Waals surface area contributed by atoms with Gasteiger partial charge in [0.25, 0.3) is 5.91 Å². The Bertz CT molecular complexity index is 790. The van der Waals surface area contributed by atoms with Gasteiger partial charge in [-0.3, -0.25) is 9.69 Å². The van der Waals surface area contributed by atoms with Gasteiger partial charge in [0.05, 0.1) is 25.9 Å². The smallest absolute Gasteiger partial charge is 0.290 e. The number of amides is 1. The maximum absolute atomic E-state index is 12.9. The number of methoxy groups -OCH3 is 1. The Kier molecular flexibility index (Phi) is 5.64. The van der Waals surface area contributed by atoms with E-state index in [1.807, 2.05) is 24.3 Å². The summed E-state index contributed by atoms with van der Waals surface area (Å²) < 4.78 is 16.0. The van der Waals surface area contributed by atoms with Crippen molar-refractivity contribution >= 4 is 5.91 Å². The SMILES string of the molecule is COc1ccc(-c2cc(C(=O)NC3(CN4CCOCC4)CCCC3)on2)cc1. The molecular weight excluding hydrogens is 358 g/mol. The zero-order chi connectivity index (χ0) is 19.4. The zero-order valence-electron chi connectivity index (χ0n) is 16.3. The molecule has 1 saturated carbocycles. The van der Waals surface area contributed by atoms with Crippen molar-refractivity contribution in [2.45, 2.75) is 31.2 Å². The monoisotopic (exact) mass is 385 g/mol. The van der Waals surface area contributed by atoms with Crippen LogP contribution in [0.5, 0.6) is 5.75 Å². The lowest BCUT2D eigenvalue weighted by Crippen LogP contribution is -2.55. The molecule has 1 amide bonds. The fourth-order valence-electron chi connectivity index (χ4n) is 4.14. The molecule has 1 aliphatic heterocycles. The van der Waals surface area contributed by atoms with Crippen molar-refractivity contribution in [1.82, 2.24) is 15.4 Å². The van der Waals surface area contributed by atoms with Crippen molar-refractivity contribution in [3.63, 3.8) is 0 Å². The maximum Gasteiger partial charge on any atom is 0.290 e. The van der Waals surface area contributed by atoms with Crippen molar-refractivity contribution < 1.29 is 18.8 Å². The highest BCUT2D eigenvalue weighted by Gasteiger charge is 2.38. The number of nitrogens with one attached hydrogen (secondary N) is 1. The van der Waals surface area contributed by atoms with E-state index in [1.54, 1.807) is 13.2 Å². The molecule has 2 heterocycles. The number of aromatic nitrogens is 1. The van der Waals surface area contributed by atoms with E-state index in [0.29, 0.717) is 5.69 Å². The van der Waals surface area contributed by atoms with Crippen molar-refractivity contribution in [2.24, 2.45) is 0 Å². The Morgan fingerprint density at radius 2 is 1.93 bits per heavy atom. The number of rotatable bonds is 6. The fourth-order valence-corrected chi connectivity index (χ4v) is 4.14. The number of hydrogen-bond acceptors (Lipinski definition) is 6. The summed E-state index contributed by atoms with van der Waals surface area (Å²) in [4.78, 5) is 15.3. The molecule has 7 nitrogen and oxygen atoms in total. The first-order valence-electron chi connectivity index (χ1n) is 9.91. The van der Waals surface area contributed by atoms with Crippen LogP contribution in [-0.2, 0) is 4.74 Å². The molecule has 28 heavy (non-hydrogen) atoms. The van der Waals surface area contributed by atoms with Crippen LogP contribution in [0.4, 0.5) is 0 Å². The quantitative estimate of drug-likeness (QED) is 0.824. The van der Waals surface area contributed by atoms with E-state index >= 15 is 0 Å². The molecule has 4 rings (SSSR count). The van der Waals surface area contributed by atoms with E-state index in [1.165, 1.54) is 0 Å². The van der Waals surface area contributed by atoms with Crippen molar-refractivity contribution in [3.05, 3.63) is 36.1 Å². The number of hydrogen-bond donors (Lipinski definition) is 1. The average Bonchev–Trinajstić information content (AvgIpc) is 3.39. The molecule has 0 radical (unpaired) electrons. The molecule has 1 N–H and O–H groups in total. The Morgan fingerprint density at radius 3 is 2.61 bits per heavy atom. The summed E-state index contributed by atoms with van der Waals surface area (Å²) in [6.45, 7) is 4.22. The topological polar surface area (TPSA) is 76.8 Å². The maximum atomic E-state index is 12.9. The number of benzene rings is 1. The summed E-state index contributed by atoms with van der Waals surface area (Å²) in [7, 11) is 1.63. The van der Waals surface area contributed by atoms with Crippen LogP contribution >= 0.6 is 0 Å². The highest BCUT2D eigenvalue weighted by molar-refractivity contribution is 5.93. The molecule has 0 unspecified atom stereocenters. The number of carbonyl (C=O) groups excluding carboxylic acids is 1. The lowest BCUT2D eigenvalue weighted by Gasteiger charge is -2.37. The van der Waals surface area contributed by atoms with Gasteiger partial charge in [-0.2, -0.15) is 0 Å². The summed E-state index contributed by atoms with van der Waals surface area (Å²) in [6, 6.07) is 9.22. The second-order valence-electron chi connectivity index (χ2n) is 7.63. The van der Waals surface area contributed by atoms with Crippen molar-refractivity contribution in [2.75, 3.05) is 40.0 Å². The first-order valence-corrected chi connectivity index (χ1v) is 9.91. The van der Waals surface area contributed by atoms with E-state index in [4.69, 9.17) is 14.0 Å². The van der Waals surface area contributed by atoms with Crippen LogP contribution in [0.1, 0.15) is 36.2 Å². The van der Waals surface area contributed by atoms with Gasteiger partial charge in [0, 0.05) is 31.3 Å². The van der Waals surface area contributed by atoms with E-state index in [-0.39, 0.29) is 17.2 Å². The third-order valence-corrected chi connectivity index (χ3v) is 5.69. The lowest BCUT2D eigenvalue weighted by molar-refractivity contribution is 0.0235. The minimum absolute atomic E-state index is 0.192. The molecule has 0 spiro atoms. The molecule has 1 aromatic heterocycles. The third-order valence-electron chi connectivity index (χ3n) is 5.69. The molecule has 2 aromatic rings. The molecular formula is C21H27N3O4. The van der Waals surface area contributed by atoms with Gasteiger partial charge in [0.2, 0.25) is 5.76 Å². The minimum Gasteiger partial charge on any atom is -0.497 e. The first kappa shape index (κ1) is 19.0. The van der Waals surface area contributed by atoms with E-state index < -0.39 is 0 Å². The van der Waals surface area contributed by atoms with E-state index in [2.05, 4.69) is 15.4 Å². The van der Waals surface area contributed by atoms with Gasteiger partial charge in [0.1, 0.15) is 11.4 Å². The number of nitrogens with zero attached hydrogens (tertiary/aromatic N) is 2. The van der Waals surface area contributed by atoms with Crippen molar-refractivity contribution in [3.8, 4) is 17.0 Å². The molecule has 1 aliphatic carbocycles. The van der Waals surface area contributed by atoms with Crippen LogP contribution in [0.2, 0.25) is 0 Å². The Morgan fingerprint density at radius 1 is 1.21 bits per heavy atom. The van der Waals surface area contributed by atoms with E-state index in [0.717, 1.165) is 69.8 Å². The summed E-state index contributed by atoms with van der Waals surface area (Å²) >= 11 is 0. The molecule has 0 atom stereocenters. The van der Waals surface area contributed by atoms with Crippen LogP contribution in [-0.4, -0.2) is 61.5 Å². The molecule has 2 aliphatic rings. The Balaban J connectivity index is 1.45. The second-order valence-corrected chi connectivity index (χ2v) is 7.63. The standard InChI is InChI=1S/C21H27N3O4/c1-26-17-6-4-16(5-7-17)18-14-19(28-23-18)20(25)22-21(8-2-3-9-21)15-24-10-12-27-13-11-24/h4-7,14H,2-3,8-13,15H2,1H3,(H,22,25).